The number of rotatable bonds is 4. The topological polar surface area (TPSA) is 88.9 Å². The quantitative estimate of drug-likeness (QED) is 0.799. The van der Waals surface area contributed by atoms with E-state index >= 15 is 0 Å². The molecule has 0 atom stereocenters. The van der Waals surface area contributed by atoms with E-state index in [0.29, 0.717) is 22.9 Å². The summed E-state index contributed by atoms with van der Waals surface area (Å²) in [7, 11) is -3.44. The number of sulfone groups is 1. The van der Waals surface area contributed by atoms with Crippen LogP contribution in [0.25, 0.3) is 11.6 Å². The van der Waals surface area contributed by atoms with Gasteiger partial charge >= 0.3 is 0 Å². The van der Waals surface area contributed by atoms with Crippen molar-refractivity contribution in [1.29, 1.82) is 0 Å². The summed E-state index contributed by atoms with van der Waals surface area (Å²) in [5.74, 6) is 1.30. The van der Waals surface area contributed by atoms with Gasteiger partial charge in [0.1, 0.15) is 12.1 Å². The fraction of sp³-hybridized carbons (Fsp3) is 0.143. The highest BCUT2D eigenvalue weighted by atomic mass is 32.2. The Bertz CT molecular complexity index is 837. The fourth-order valence-corrected chi connectivity index (χ4v) is 3.47. The van der Waals surface area contributed by atoms with E-state index in [0.717, 1.165) is 0 Å². The van der Waals surface area contributed by atoms with Crippen molar-refractivity contribution in [3.05, 3.63) is 54.0 Å². The van der Waals surface area contributed by atoms with Crippen LogP contribution in [-0.4, -0.2) is 23.6 Å². The second-order valence-corrected chi connectivity index (χ2v) is 6.61. The molecule has 3 rings (SSSR count). The highest BCUT2D eigenvalue weighted by molar-refractivity contribution is 7.90. The van der Waals surface area contributed by atoms with Gasteiger partial charge < -0.3 is 4.42 Å². The molecule has 1 aromatic carbocycles. The fourth-order valence-electron chi connectivity index (χ4n) is 2.11. The molecule has 2 aromatic heterocycles. The summed E-state index contributed by atoms with van der Waals surface area (Å²) in [4.78, 5) is 4.29. The second kappa shape index (κ2) is 5.17. The van der Waals surface area contributed by atoms with Gasteiger partial charge in [-0.15, -0.1) is 0 Å². The van der Waals surface area contributed by atoms with Gasteiger partial charge in [0.05, 0.1) is 10.6 Å². The van der Waals surface area contributed by atoms with Crippen LogP contribution >= 0.6 is 0 Å². The molecule has 2 heterocycles. The van der Waals surface area contributed by atoms with E-state index in [-0.39, 0.29) is 10.6 Å². The molecule has 0 aliphatic heterocycles. The van der Waals surface area contributed by atoms with E-state index < -0.39 is 9.84 Å². The Morgan fingerprint density at radius 2 is 2.00 bits per heavy atom. The Balaban J connectivity index is 2.00. The zero-order valence-corrected chi connectivity index (χ0v) is 12.1. The molecular formula is C14H13N3O3S. The van der Waals surface area contributed by atoms with Crippen molar-refractivity contribution in [2.75, 3.05) is 0 Å². The molecule has 0 aliphatic rings. The van der Waals surface area contributed by atoms with Crippen LogP contribution in [0.5, 0.6) is 0 Å². The molecule has 3 aromatic rings. The van der Waals surface area contributed by atoms with Gasteiger partial charge in [-0.1, -0.05) is 18.2 Å². The molecule has 108 valence electrons. The zero-order chi connectivity index (χ0) is 14.9. The van der Waals surface area contributed by atoms with Crippen molar-refractivity contribution in [3.8, 4) is 11.6 Å². The highest BCUT2D eigenvalue weighted by Gasteiger charge is 2.21. The van der Waals surface area contributed by atoms with Crippen molar-refractivity contribution < 1.29 is 12.8 Å². The van der Waals surface area contributed by atoms with Gasteiger partial charge in [-0.05, 0) is 25.1 Å². The van der Waals surface area contributed by atoms with Crippen LogP contribution in [0.2, 0.25) is 0 Å². The monoisotopic (exact) mass is 303 g/mol. The van der Waals surface area contributed by atoms with E-state index in [1.54, 1.807) is 43.3 Å². The molecule has 0 aliphatic carbocycles. The predicted octanol–water partition coefficient (Wildman–Crippen LogP) is 2.35. The number of aryl methyl sites for hydroxylation is 1. The first-order valence-electron chi connectivity index (χ1n) is 6.29. The number of hydrogen-bond donors (Lipinski definition) is 1. The maximum absolute atomic E-state index is 12.4. The van der Waals surface area contributed by atoms with Gasteiger partial charge in [0, 0.05) is 5.56 Å². The second-order valence-electron chi connectivity index (χ2n) is 4.62. The lowest BCUT2D eigenvalue weighted by Crippen LogP contribution is -2.05. The zero-order valence-electron chi connectivity index (χ0n) is 11.3. The minimum atomic E-state index is -3.44. The summed E-state index contributed by atoms with van der Waals surface area (Å²) < 4.78 is 30.4. The average Bonchev–Trinajstić information content (AvgIpc) is 3.09. The molecule has 0 spiro atoms. The van der Waals surface area contributed by atoms with Gasteiger partial charge in [-0.2, -0.15) is 5.10 Å². The highest BCUT2D eigenvalue weighted by Crippen LogP contribution is 2.27. The summed E-state index contributed by atoms with van der Waals surface area (Å²) in [6.07, 6.45) is 1.35. The molecular weight excluding hydrogens is 290 g/mol. The normalized spacial score (nSPS) is 11.7. The lowest BCUT2D eigenvalue weighted by Gasteiger charge is -2.03. The lowest BCUT2D eigenvalue weighted by molar-refractivity contribution is 0.542. The Morgan fingerprint density at radius 3 is 2.67 bits per heavy atom. The van der Waals surface area contributed by atoms with Crippen molar-refractivity contribution in [2.24, 2.45) is 0 Å². The van der Waals surface area contributed by atoms with Crippen LogP contribution < -0.4 is 0 Å². The number of nitrogens with zero attached hydrogens (tertiary/aromatic N) is 2. The number of benzene rings is 1. The summed E-state index contributed by atoms with van der Waals surface area (Å²) in [5.41, 5.74) is 0.563. The third kappa shape index (κ3) is 2.73. The molecule has 0 bridgehead atoms. The maximum atomic E-state index is 12.4. The largest absolute Gasteiger partial charge is 0.458 e. The van der Waals surface area contributed by atoms with Crippen LogP contribution in [0.4, 0.5) is 0 Å². The molecule has 0 amide bonds. The van der Waals surface area contributed by atoms with Gasteiger partial charge in [0.15, 0.2) is 21.4 Å². The number of aromatic amines is 1. The smallest absolute Gasteiger partial charge is 0.191 e. The third-order valence-electron chi connectivity index (χ3n) is 3.01. The van der Waals surface area contributed by atoms with Gasteiger partial charge in [0.2, 0.25) is 0 Å². The van der Waals surface area contributed by atoms with E-state index in [4.69, 9.17) is 4.42 Å². The molecule has 0 saturated carbocycles. The van der Waals surface area contributed by atoms with E-state index in [2.05, 4.69) is 15.2 Å². The first-order chi connectivity index (χ1) is 10.1. The number of H-pyrrole nitrogens is 1. The molecule has 0 saturated heterocycles. The molecule has 1 N–H and O–H groups in total. The third-order valence-corrected chi connectivity index (χ3v) is 4.69. The average molecular weight is 303 g/mol. The molecule has 0 fully saturated rings. The molecule has 7 heteroatoms. The predicted molar refractivity (Wildman–Crippen MR) is 76.2 cm³/mol. The Labute approximate surface area is 121 Å². The van der Waals surface area contributed by atoms with E-state index in [1.165, 1.54) is 6.33 Å². The number of hydrogen-bond acceptors (Lipinski definition) is 5. The van der Waals surface area contributed by atoms with Crippen LogP contribution in [0.3, 0.4) is 0 Å². The number of nitrogens with one attached hydrogen (secondary N) is 1. The maximum Gasteiger partial charge on any atom is 0.191 e. The Kier molecular flexibility index (Phi) is 3.34. The van der Waals surface area contributed by atoms with Crippen LogP contribution in [0, 0.1) is 6.92 Å². The summed E-state index contributed by atoms with van der Waals surface area (Å²) in [6, 6.07) is 10.0. The van der Waals surface area contributed by atoms with Gasteiger partial charge in [-0.3, -0.25) is 5.10 Å². The Hall–Kier alpha value is -2.41. The first kappa shape index (κ1) is 13.6. The molecule has 6 nitrogen and oxygen atoms in total. The summed E-state index contributed by atoms with van der Waals surface area (Å²) in [6.45, 7) is 1.76. The van der Waals surface area contributed by atoms with E-state index in [1.807, 2.05) is 0 Å². The molecule has 0 radical (unpaired) electrons. The molecule has 0 unspecified atom stereocenters. The van der Waals surface area contributed by atoms with Crippen LogP contribution in [0.1, 0.15) is 11.3 Å². The molecule has 21 heavy (non-hydrogen) atoms. The van der Waals surface area contributed by atoms with E-state index in [9.17, 15) is 8.42 Å². The van der Waals surface area contributed by atoms with Gasteiger partial charge in [0.25, 0.3) is 0 Å². The summed E-state index contributed by atoms with van der Waals surface area (Å²) >= 11 is 0. The lowest BCUT2D eigenvalue weighted by atomic mass is 10.2. The van der Waals surface area contributed by atoms with Crippen molar-refractivity contribution in [3.63, 3.8) is 0 Å². The first-order valence-corrected chi connectivity index (χ1v) is 7.94. The van der Waals surface area contributed by atoms with Crippen molar-refractivity contribution in [1.82, 2.24) is 15.2 Å². The van der Waals surface area contributed by atoms with Crippen molar-refractivity contribution >= 4 is 9.84 Å². The number of furan rings is 1. The summed E-state index contributed by atoms with van der Waals surface area (Å²) in [5, 5.41) is 6.44. The minimum absolute atomic E-state index is 0.148. The SMILES string of the molecule is Cc1cc(CS(=O)(=O)c2ccccc2)c(-c2ncn[nH]2)o1. The van der Waals surface area contributed by atoms with Crippen LogP contribution in [0.15, 0.2) is 52.0 Å². The van der Waals surface area contributed by atoms with Crippen molar-refractivity contribution in [2.45, 2.75) is 17.6 Å². The van der Waals surface area contributed by atoms with Crippen LogP contribution in [-0.2, 0) is 15.6 Å². The van der Waals surface area contributed by atoms with Gasteiger partial charge in [-0.25, -0.2) is 13.4 Å². The minimum Gasteiger partial charge on any atom is -0.458 e. The number of aromatic nitrogens is 3. The standard InChI is InChI=1S/C14H13N3O3S/c1-10-7-11(13(20-10)14-15-9-16-17-14)8-21(18,19)12-5-3-2-4-6-12/h2-7,9H,8H2,1H3,(H,15,16,17). The Morgan fingerprint density at radius 1 is 1.24 bits per heavy atom.